The number of rotatable bonds is 6. The summed E-state index contributed by atoms with van der Waals surface area (Å²) in [7, 11) is 0. The van der Waals surface area contributed by atoms with Crippen LogP contribution in [0.15, 0.2) is 223 Å². The Bertz CT molecular complexity index is 3150. The van der Waals surface area contributed by atoms with E-state index in [1.165, 1.54) is 44.2 Å². The van der Waals surface area contributed by atoms with E-state index in [1.807, 2.05) is 0 Å². The van der Waals surface area contributed by atoms with Crippen LogP contribution >= 0.6 is 0 Å². The highest BCUT2D eigenvalue weighted by Crippen LogP contribution is 2.66. The lowest BCUT2D eigenvalue weighted by Gasteiger charge is -2.33. The van der Waals surface area contributed by atoms with E-state index in [2.05, 4.69) is 228 Å². The molecule has 2 aliphatic rings. The van der Waals surface area contributed by atoms with Gasteiger partial charge in [-0.15, -0.1) is 0 Å². The minimum atomic E-state index is -0.653. The Kier molecular flexibility index (Phi) is 7.14. The third-order valence-corrected chi connectivity index (χ3v) is 12.2. The molecule has 0 amide bonds. The van der Waals surface area contributed by atoms with Crippen molar-refractivity contribution >= 4 is 55.9 Å². The average Bonchev–Trinajstić information content (AvgIpc) is 3.91. The highest BCUT2D eigenvalue weighted by Gasteiger charge is 2.54. The topological polar surface area (TPSA) is 19.6 Å². The second-order valence-corrected chi connectivity index (χ2v) is 15.3. The van der Waals surface area contributed by atoms with Gasteiger partial charge < -0.3 is 14.2 Å². The Morgan fingerprint density at radius 3 is 1.50 bits per heavy atom. The molecule has 1 aromatic heterocycles. The van der Waals surface area contributed by atoms with Gasteiger partial charge in [-0.05, 0) is 124 Å². The summed E-state index contributed by atoms with van der Waals surface area (Å²) in [6.07, 6.45) is 0. The third-order valence-electron chi connectivity index (χ3n) is 12.2. The zero-order valence-corrected chi connectivity index (χ0v) is 31.6. The first-order chi connectivity index (χ1) is 28.8. The molecular weight excluding hydrogens is 705 g/mol. The van der Waals surface area contributed by atoms with Gasteiger partial charge in [0.1, 0.15) is 11.3 Å². The fraction of sp³-hybridized carbons (Fsp3) is 0.0182. The van der Waals surface area contributed by atoms with E-state index >= 15 is 0 Å². The van der Waals surface area contributed by atoms with Crippen LogP contribution in [0.4, 0.5) is 34.1 Å². The molecule has 1 unspecified atom stereocenters. The number of hydrogen-bond donors (Lipinski definition) is 0. The standard InChI is InChI=1S/C55H36N2O/c1-4-18-39(19-5-1)56(40-20-6-2-7-21-40)43-31-33-47-51(36-43)55(53-48-25-13-15-27-52(48)58-54(47)53)49-26-14-12-24-45(49)46-32-30-44(35-50(46)55)57(41-22-8-3-9-23-41)42-29-28-37-16-10-11-17-38(37)34-42/h1-36H. The molecule has 3 heteroatoms. The molecule has 0 bridgehead atoms. The highest BCUT2D eigenvalue weighted by molar-refractivity contribution is 6.03. The van der Waals surface area contributed by atoms with Crippen LogP contribution in [-0.4, -0.2) is 0 Å². The second-order valence-electron chi connectivity index (χ2n) is 15.3. The fourth-order valence-electron chi connectivity index (χ4n) is 9.83. The third kappa shape index (κ3) is 4.68. The van der Waals surface area contributed by atoms with Crippen molar-refractivity contribution in [2.75, 3.05) is 9.80 Å². The summed E-state index contributed by atoms with van der Waals surface area (Å²) in [5, 5.41) is 3.57. The Balaban J connectivity index is 1.16. The lowest BCUT2D eigenvalue weighted by atomic mass is 9.70. The van der Waals surface area contributed by atoms with Gasteiger partial charge in [0.2, 0.25) is 0 Å². The molecule has 9 aromatic carbocycles. The van der Waals surface area contributed by atoms with Gasteiger partial charge in [0.05, 0.1) is 5.41 Å². The summed E-state index contributed by atoms with van der Waals surface area (Å²) in [5.74, 6) is 0.941. The molecule has 12 rings (SSSR count). The molecule has 0 saturated heterocycles. The van der Waals surface area contributed by atoms with Gasteiger partial charge in [0.15, 0.2) is 0 Å². The van der Waals surface area contributed by atoms with Gasteiger partial charge in [0.25, 0.3) is 0 Å². The van der Waals surface area contributed by atoms with E-state index in [9.17, 15) is 0 Å². The van der Waals surface area contributed by atoms with Gasteiger partial charge in [0, 0.05) is 50.6 Å². The molecule has 272 valence electrons. The van der Waals surface area contributed by atoms with Crippen LogP contribution in [0.1, 0.15) is 22.3 Å². The van der Waals surface area contributed by atoms with Crippen molar-refractivity contribution in [3.8, 4) is 22.5 Å². The number of fused-ring (bicyclic) bond motifs is 13. The summed E-state index contributed by atoms with van der Waals surface area (Å²) < 4.78 is 6.96. The largest absolute Gasteiger partial charge is 0.456 e. The highest BCUT2D eigenvalue weighted by atomic mass is 16.3. The quantitative estimate of drug-likeness (QED) is 0.169. The van der Waals surface area contributed by atoms with Crippen LogP contribution in [0.2, 0.25) is 0 Å². The average molecular weight is 741 g/mol. The SMILES string of the molecule is c1ccc(N(c2ccccc2)c2ccc3c(c2)C2(c4ccccc4-c4ccc(N(c5ccccc5)c5ccc6ccccc6c5)cc42)c2c-3oc3ccccc23)cc1. The van der Waals surface area contributed by atoms with Crippen molar-refractivity contribution in [1.82, 2.24) is 0 Å². The molecule has 2 aliphatic carbocycles. The minimum Gasteiger partial charge on any atom is -0.456 e. The second kappa shape index (κ2) is 12.7. The zero-order chi connectivity index (χ0) is 38.2. The predicted octanol–water partition coefficient (Wildman–Crippen LogP) is 14.9. The molecule has 0 radical (unpaired) electrons. The van der Waals surface area contributed by atoms with Crippen molar-refractivity contribution < 1.29 is 4.42 Å². The first-order valence-electron chi connectivity index (χ1n) is 19.9. The molecule has 0 fully saturated rings. The number of para-hydroxylation sites is 4. The fourth-order valence-corrected chi connectivity index (χ4v) is 9.83. The number of nitrogens with zero attached hydrogens (tertiary/aromatic N) is 2. The maximum atomic E-state index is 6.96. The lowest BCUT2D eigenvalue weighted by Crippen LogP contribution is -2.26. The zero-order valence-electron chi connectivity index (χ0n) is 31.6. The Morgan fingerprint density at radius 2 is 0.810 bits per heavy atom. The van der Waals surface area contributed by atoms with Crippen LogP contribution in [0.25, 0.3) is 44.2 Å². The molecule has 1 atom stereocenters. The lowest BCUT2D eigenvalue weighted by molar-refractivity contribution is 0.628. The molecule has 0 saturated carbocycles. The molecule has 3 nitrogen and oxygen atoms in total. The normalized spacial score (nSPS) is 14.6. The van der Waals surface area contributed by atoms with Crippen molar-refractivity contribution in [2.45, 2.75) is 5.41 Å². The van der Waals surface area contributed by atoms with E-state index < -0.39 is 5.41 Å². The molecule has 0 N–H and O–H groups in total. The smallest absolute Gasteiger partial charge is 0.140 e. The maximum Gasteiger partial charge on any atom is 0.140 e. The number of benzene rings is 9. The van der Waals surface area contributed by atoms with Crippen LogP contribution < -0.4 is 9.80 Å². The van der Waals surface area contributed by atoms with E-state index in [0.29, 0.717) is 0 Å². The van der Waals surface area contributed by atoms with Crippen molar-refractivity contribution in [3.63, 3.8) is 0 Å². The van der Waals surface area contributed by atoms with Crippen molar-refractivity contribution in [3.05, 3.63) is 241 Å². The van der Waals surface area contributed by atoms with Gasteiger partial charge in [-0.3, -0.25) is 0 Å². The van der Waals surface area contributed by atoms with Gasteiger partial charge in [-0.2, -0.15) is 0 Å². The Morgan fingerprint density at radius 1 is 0.328 bits per heavy atom. The van der Waals surface area contributed by atoms with Gasteiger partial charge in [-0.25, -0.2) is 0 Å². The summed E-state index contributed by atoms with van der Waals surface area (Å²) in [4.78, 5) is 4.76. The number of anilines is 6. The molecular formula is C55H36N2O. The maximum absolute atomic E-state index is 6.96. The van der Waals surface area contributed by atoms with Crippen molar-refractivity contribution in [2.24, 2.45) is 0 Å². The van der Waals surface area contributed by atoms with Crippen LogP contribution in [0, 0.1) is 0 Å². The minimum absolute atomic E-state index is 0.653. The first kappa shape index (κ1) is 32.6. The van der Waals surface area contributed by atoms with E-state index in [-0.39, 0.29) is 0 Å². The predicted molar refractivity (Wildman–Crippen MR) is 239 cm³/mol. The first-order valence-corrected chi connectivity index (χ1v) is 19.9. The Hall–Kier alpha value is -7.62. The molecule has 58 heavy (non-hydrogen) atoms. The van der Waals surface area contributed by atoms with Crippen molar-refractivity contribution in [1.29, 1.82) is 0 Å². The summed E-state index contributed by atoms with van der Waals surface area (Å²) in [5.41, 5.74) is 15.4. The van der Waals surface area contributed by atoms with Crippen LogP contribution in [0.3, 0.4) is 0 Å². The molecule has 0 aliphatic heterocycles. The summed E-state index contributed by atoms with van der Waals surface area (Å²) >= 11 is 0. The van der Waals surface area contributed by atoms with Crippen LogP contribution in [-0.2, 0) is 5.41 Å². The van der Waals surface area contributed by atoms with Crippen LogP contribution in [0.5, 0.6) is 0 Å². The van der Waals surface area contributed by atoms with Gasteiger partial charge in [-0.1, -0.05) is 133 Å². The molecule has 1 spiro atoms. The number of furan rings is 1. The van der Waals surface area contributed by atoms with Gasteiger partial charge >= 0.3 is 0 Å². The monoisotopic (exact) mass is 740 g/mol. The summed E-state index contributed by atoms with van der Waals surface area (Å²) in [6, 6.07) is 79.1. The summed E-state index contributed by atoms with van der Waals surface area (Å²) in [6.45, 7) is 0. The molecule has 10 aromatic rings. The van der Waals surface area contributed by atoms with E-state index in [1.54, 1.807) is 0 Å². The van der Waals surface area contributed by atoms with E-state index in [0.717, 1.165) is 56.4 Å². The molecule has 1 heterocycles. The number of hydrogen-bond acceptors (Lipinski definition) is 3. The Labute approximate surface area is 337 Å². The van der Waals surface area contributed by atoms with E-state index in [4.69, 9.17) is 4.42 Å².